The van der Waals surface area contributed by atoms with Crippen LogP contribution in [0.25, 0.3) is 0 Å². The van der Waals surface area contributed by atoms with Crippen molar-refractivity contribution in [2.45, 2.75) is 13.3 Å². The molecule has 0 saturated heterocycles. The maximum absolute atomic E-state index is 10.9. The number of amides is 1. The third kappa shape index (κ3) is 4.42. The first-order valence-corrected chi connectivity index (χ1v) is 5.55. The van der Waals surface area contributed by atoms with E-state index in [1.807, 2.05) is 0 Å². The van der Waals surface area contributed by atoms with E-state index in [0.29, 0.717) is 5.56 Å². The molecular formula is C13H12N2O5. The highest BCUT2D eigenvalue weighted by atomic mass is 16.6. The van der Waals surface area contributed by atoms with E-state index in [9.17, 15) is 19.7 Å². The molecule has 1 rings (SSSR count). The number of benzene rings is 1. The molecule has 7 heteroatoms. The summed E-state index contributed by atoms with van der Waals surface area (Å²) >= 11 is 0. The van der Waals surface area contributed by atoms with Crippen molar-refractivity contribution >= 4 is 23.3 Å². The Morgan fingerprint density at radius 1 is 1.45 bits per heavy atom. The Hall–Kier alpha value is -2.88. The minimum atomic E-state index is -0.614. The van der Waals surface area contributed by atoms with Crippen molar-refractivity contribution in [3.8, 4) is 11.8 Å². The quantitative estimate of drug-likeness (QED) is 0.390. The molecule has 0 aliphatic carbocycles. The number of carbonyl (C=O) groups excluding carboxylic acids is 2. The fourth-order valence-corrected chi connectivity index (χ4v) is 1.35. The molecule has 0 radical (unpaired) electrons. The van der Waals surface area contributed by atoms with E-state index >= 15 is 0 Å². The summed E-state index contributed by atoms with van der Waals surface area (Å²) in [6, 6.07) is 4.14. The van der Waals surface area contributed by atoms with E-state index in [1.54, 1.807) is 0 Å². The Morgan fingerprint density at radius 3 is 2.70 bits per heavy atom. The molecule has 0 spiro atoms. The van der Waals surface area contributed by atoms with E-state index in [0.717, 1.165) is 0 Å². The normalized spacial score (nSPS) is 9.10. The average molecular weight is 276 g/mol. The SMILES string of the molecule is COC(=O)CC#Cc1ccc(NC(C)=O)c([N+](=O)[O-])c1. The number of hydrogen-bond donors (Lipinski definition) is 1. The molecule has 0 aromatic heterocycles. The minimum Gasteiger partial charge on any atom is -0.468 e. The average Bonchev–Trinajstić information content (AvgIpc) is 2.39. The van der Waals surface area contributed by atoms with Crippen molar-refractivity contribution in [2.75, 3.05) is 12.4 Å². The summed E-state index contributed by atoms with van der Waals surface area (Å²) in [5.41, 5.74) is 0.209. The van der Waals surface area contributed by atoms with Crippen LogP contribution >= 0.6 is 0 Å². The summed E-state index contributed by atoms with van der Waals surface area (Å²) in [5.74, 6) is 4.27. The van der Waals surface area contributed by atoms with Gasteiger partial charge in [-0.15, -0.1) is 0 Å². The zero-order valence-corrected chi connectivity index (χ0v) is 10.9. The highest BCUT2D eigenvalue weighted by Gasteiger charge is 2.14. The smallest absolute Gasteiger partial charge is 0.317 e. The molecule has 0 heterocycles. The van der Waals surface area contributed by atoms with Gasteiger partial charge in [-0.2, -0.15) is 0 Å². The van der Waals surface area contributed by atoms with Gasteiger partial charge in [0.25, 0.3) is 5.69 Å². The third-order valence-corrected chi connectivity index (χ3v) is 2.20. The van der Waals surface area contributed by atoms with Crippen molar-refractivity contribution in [2.24, 2.45) is 0 Å². The molecule has 0 aliphatic rings. The molecule has 1 aromatic rings. The van der Waals surface area contributed by atoms with Crippen LogP contribution in [0.2, 0.25) is 0 Å². The lowest BCUT2D eigenvalue weighted by Crippen LogP contribution is -2.08. The number of esters is 1. The first-order chi connectivity index (χ1) is 9.43. The molecule has 0 unspecified atom stereocenters. The van der Waals surface area contributed by atoms with Crippen LogP contribution in [-0.2, 0) is 14.3 Å². The lowest BCUT2D eigenvalue weighted by molar-refractivity contribution is -0.383. The van der Waals surface area contributed by atoms with Gasteiger partial charge in [0.1, 0.15) is 12.1 Å². The second-order valence-electron chi connectivity index (χ2n) is 3.72. The van der Waals surface area contributed by atoms with Gasteiger partial charge in [-0.05, 0) is 12.1 Å². The van der Waals surface area contributed by atoms with E-state index in [4.69, 9.17) is 0 Å². The summed E-state index contributed by atoms with van der Waals surface area (Å²) in [5, 5.41) is 13.3. The summed E-state index contributed by atoms with van der Waals surface area (Å²) in [4.78, 5) is 32.1. The predicted molar refractivity (Wildman–Crippen MR) is 70.9 cm³/mol. The molecule has 1 aromatic carbocycles. The molecule has 104 valence electrons. The maximum Gasteiger partial charge on any atom is 0.317 e. The number of rotatable bonds is 3. The third-order valence-electron chi connectivity index (χ3n) is 2.20. The second-order valence-corrected chi connectivity index (χ2v) is 3.72. The van der Waals surface area contributed by atoms with Gasteiger partial charge < -0.3 is 10.1 Å². The molecule has 0 saturated carbocycles. The summed E-state index contributed by atoms with van der Waals surface area (Å²) in [6.45, 7) is 1.26. The molecule has 1 N–H and O–H groups in total. The van der Waals surface area contributed by atoms with Crippen molar-refractivity contribution in [1.29, 1.82) is 0 Å². The van der Waals surface area contributed by atoms with Crippen LogP contribution in [0.1, 0.15) is 18.9 Å². The number of carbonyl (C=O) groups is 2. The number of anilines is 1. The van der Waals surface area contributed by atoms with Crippen molar-refractivity contribution < 1.29 is 19.2 Å². The lowest BCUT2D eigenvalue weighted by Gasteiger charge is -2.03. The molecular weight excluding hydrogens is 264 g/mol. The second kappa shape index (κ2) is 6.89. The fraction of sp³-hybridized carbons (Fsp3) is 0.231. The molecule has 7 nitrogen and oxygen atoms in total. The molecule has 0 aliphatic heterocycles. The Bertz CT molecular complexity index is 613. The van der Waals surface area contributed by atoms with Gasteiger partial charge >= 0.3 is 5.97 Å². The van der Waals surface area contributed by atoms with E-state index < -0.39 is 16.8 Å². The topological polar surface area (TPSA) is 98.5 Å². The number of nitro groups is 1. The minimum absolute atomic E-state index is 0.0982. The molecule has 20 heavy (non-hydrogen) atoms. The lowest BCUT2D eigenvalue weighted by atomic mass is 10.1. The first-order valence-electron chi connectivity index (χ1n) is 5.55. The van der Waals surface area contributed by atoms with Gasteiger partial charge in [0, 0.05) is 18.6 Å². The molecule has 0 bridgehead atoms. The van der Waals surface area contributed by atoms with Gasteiger partial charge in [0.2, 0.25) is 5.91 Å². The first kappa shape index (κ1) is 15.2. The van der Waals surface area contributed by atoms with Crippen LogP contribution in [0.15, 0.2) is 18.2 Å². The van der Waals surface area contributed by atoms with Gasteiger partial charge in [0.15, 0.2) is 0 Å². The van der Waals surface area contributed by atoms with Crippen molar-refractivity contribution in [3.63, 3.8) is 0 Å². The largest absolute Gasteiger partial charge is 0.468 e. The summed E-state index contributed by atoms with van der Waals surface area (Å²) in [6.07, 6.45) is -0.0995. The van der Waals surface area contributed by atoms with E-state index in [-0.39, 0.29) is 17.8 Å². The Balaban J connectivity index is 3.01. The predicted octanol–water partition coefficient (Wildman–Crippen LogP) is 1.47. The van der Waals surface area contributed by atoms with Gasteiger partial charge in [-0.25, -0.2) is 0 Å². The molecule has 0 atom stereocenters. The van der Waals surface area contributed by atoms with Crippen LogP contribution in [0.5, 0.6) is 0 Å². The van der Waals surface area contributed by atoms with E-state index in [1.165, 1.54) is 32.2 Å². The van der Waals surface area contributed by atoms with Crippen LogP contribution in [0.3, 0.4) is 0 Å². The van der Waals surface area contributed by atoms with Crippen molar-refractivity contribution in [3.05, 3.63) is 33.9 Å². The number of hydrogen-bond acceptors (Lipinski definition) is 5. The maximum atomic E-state index is 10.9. The fourth-order valence-electron chi connectivity index (χ4n) is 1.35. The standard InChI is InChI=1S/C13H12N2O5/c1-9(16)14-11-7-6-10(8-12(11)15(18)19)4-3-5-13(17)20-2/h6-8H,5H2,1-2H3,(H,14,16). The number of nitro benzene ring substituents is 1. The summed E-state index contributed by atoms with van der Waals surface area (Å²) < 4.78 is 4.42. The zero-order valence-electron chi connectivity index (χ0n) is 10.9. The zero-order chi connectivity index (χ0) is 15.1. The number of ether oxygens (including phenoxy) is 1. The Labute approximate surface area is 115 Å². The van der Waals surface area contributed by atoms with Gasteiger partial charge in [-0.3, -0.25) is 19.7 Å². The number of methoxy groups -OCH3 is 1. The van der Waals surface area contributed by atoms with Crippen molar-refractivity contribution in [1.82, 2.24) is 0 Å². The Morgan fingerprint density at radius 2 is 2.15 bits per heavy atom. The van der Waals surface area contributed by atoms with Gasteiger partial charge in [0.05, 0.1) is 12.0 Å². The molecule has 0 fully saturated rings. The Kier molecular flexibility index (Phi) is 5.23. The monoisotopic (exact) mass is 276 g/mol. The van der Waals surface area contributed by atoms with Gasteiger partial charge in [-0.1, -0.05) is 11.8 Å². The van der Waals surface area contributed by atoms with E-state index in [2.05, 4.69) is 21.9 Å². The molecule has 1 amide bonds. The van der Waals surface area contributed by atoms with Crippen LogP contribution < -0.4 is 5.32 Å². The van der Waals surface area contributed by atoms with Crippen LogP contribution in [-0.4, -0.2) is 23.9 Å². The van der Waals surface area contributed by atoms with Crippen LogP contribution in [0.4, 0.5) is 11.4 Å². The van der Waals surface area contributed by atoms with Crippen LogP contribution in [0, 0.1) is 22.0 Å². The number of nitrogens with one attached hydrogen (secondary N) is 1. The summed E-state index contributed by atoms with van der Waals surface area (Å²) in [7, 11) is 1.25. The highest BCUT2D eigenvalue weighted by molar-refractivity contribution is 5.91. The number of nitrogens with zero attached hydrogens (tertiary/aromatic N) is 1. The highest BCUT2D eigenvalue weighted by Crippen LogP contribution is 2.25.